The van der Waals surface area contributed by atoms with Crippen molar-refractivity contribution in [1.29, 1.82) is 0 Å². The van der Waals surface area contributed by atoms with Crippen molar-refractivity contribution in [3.8, 4) is 0 Å². The van der Waals surface area contributed by atoms with Crippen molar-refractivity contribution in [2.45, 2.75) is 0 Å². The van der Waals surface area contributed by atoms with E-state index in [1.807, 2.05) is 18.3 Å². The second-order valence-corrected chi connectivity index (χ2v) is 7.60. The van der Waals surface area contributed by atoms with Crippen LogP contribution >= 0.6 is 27.5 Å². The van der Waals surface area contributed by atoms with Crippen LogP contribution in [0.1, 0.15) is 10.5 Å². The molecule has 1 N–H and O–H groups in total. The van der Waals surface area contributed by atoms with Gasteiger partial charge in [0, 0.05) is 36.5 Å². The number of amides is 1. The number of carbonyl (C=O) groups excluding carboxylic acids is 1. The number of aromatic nitrogens is 2. The summed E-state index contributed by atoms with van der Waals surface area (Å²) in [5.74, 6) is 2.64. The van der Waals surface area contributed by atoms with E-state index in [1.165, 1.54) is 0 Å². The number of fused-ring (bicyclic) bond motifs is 1. The van der Waals surface area contributed by atoms with Crippen molar-refractivity contribution in [3.05, 3.63) is 51.8 Å². The van der Waals surface area contributed by atoms with Gasteiger partial charge in [-0.3, -0.25) is 4.79 Å². The molecule has 0 bridgehead atoms. The summed E-state index contributed by atoms with van der Waals surface area (Å²) in [5, 5.41) is 3.35. The topological polar surface area (TPSA) is 58.1 Å². The van der Waals surface area contributed by atoms with Gasteiger partial charge in [-0.05, 0) is 57.9 Å². The minimum atomic E-state index is -0.197. The van der Waals surface area contributed by atoms with Crippen molar-refractivity contribution in [2.24, 2.45) is 17.8 Å². The van der Waals surface area contributed by atoms with Gasteiger partial charge < -0.3 is 10.2 Å². The highest BCUT2D eigenvalue weighted by molar-refractivity contribution is 9.10. The molecule has 1 aliphatic carbocycles. The third-order valence-corrected chi connectivity index (χ3v) is 5.65. The maximum atomic E-state index is 12.2. The number of halogens is 2. The molecule has 1 amide bonds. The SMILES string of the molecule is O=C(NC[C@@H]1[C@H]2CN(c3ccc(Br)cn3)C[C@@H]12)c1ncccc1Cl. The average molecular weight is 408 g/mol. The van der Waals surface area contributed by atoms with Crippen molar-refractivity contribution in [1.82, 2.24) is 15.3 Å². The van der Waals surface area contributed by atoms with E-state index in [1.54, 1.807) is 18.3 Å². The minimum Gasteiger partial charge on any atom is -0.356 e. The van der Waals surface area contributed by atoms with E-state index < -0.39 is 0 Å². The lowest BCUT2D eigenvalue weighted by atomic mass is 10.2. The van der Waals surface area contributed by atoms with Gasteiger partial charge in [-0.2, -0.15) is 0 Å². The lowest BCUT2D eigenvalue weighted by molar-refractivity contribution is 0.0946. The van der Waals surface area contributed by atoms with Crippen LogP contribution in [0.3, 0.4) is 0 Å². The Labute approximate surface area is 153 Å². The summed E-state index contributed by atoms with van der Waals surface area (Å²) in [6, 6.07) is 7.45. The van der Waals surface area contributed by atoms with Gasteiger partial charge in [-0.15, -0.1) is 0 Å². The standard InChI is InChI=1S/C17H16BrClN4O/c18-10-3-4-15(21-6-10)23-8-12-11(13(12)9-23)7-22-17(24)16-14(19)2-1-5-20-16/h1-6,11-13H,7-9H2,(H,22,24)/t11-,12-,13+. The molecule has 2 fully saturated rings. The van der Waals surface area contributed by atoms with Gasteiger partial charge in [0.05, 0.1) is 5.02 Å². The second-order valence-electron chi connectivity index (χ2n) is 6.28. The van der Waals surface area contributed by atoms with E-state index >= 15 is 0 Å². The summed E-state index contributed by atoms with van der Waals surface area (Å²) in [6.07, 6.45) is 3.41. The van der Waals surface area contributed by atoms with Crippen LogP contribution in [0.5, 0.6) is 0 Å². The molecule has 0 unspecified atom stereocenters. The van der Waals surface area contributed by atoms with Crippen LogP contribution in [0.25, 0.3) is 0 Å². The highest BCUT2D eigenvalue weighted by atomic mass is 79.9. The molecular weight excluding hydrogens is 392 g/mol. The van der Waals surface area contributed by atoms with E-state index in [-0.39, 0.29) is 5.91 Å². The van der Waals surface area contributed by atoms with Gasteiger partial charge in [0.15, 0.2) is 0 Å². The fourth-order valence-electron chi connectivity index (χ4n) is 3.54. The molecule has 1 aliphatic heterocycles. The molecular formula is C17H16BrClN4O. The van der Waals surface area contributed by atoms with Crippen LogP contribution in [0.2, 0.25) is 5.02 Å². The lowest BCUT2D eigenvalue weighted by Crippen LogP contribution is -2.31. The normalized spacial score (nSPS) is 24.6. The monoisotopic (exact) mass is 406 g/mol. The number of pyridine rings is 2. The third kappa shape index (κ3) is 3.00. The fourth-order valence-corrected chi connectivity index (χ4v) is 3.98. The van der Waals surface area contributed by atoms with E-state index in [2.05, 4.69) is 36.1 Å². The van der Waals surface area contributed by atoms with Crippen molar-refractivity contribution < 1.29 is 4.79 Å². The lowest BCUT2D eigenvalue weighted by Gasteiger charge is -2.21. The first-order chi connectivity index (χ1) is 11.6. The largest absolute Gasteiger partial charge is 0.356 e. The highest BCUT2D eigenvalue weighted by Gasteiger charge is 2.55. The average Bonchev–Trinajstić information content (AvgIpc) is 3.03. The van der Waals surface area contributed by atoms with Crippen LogP contribution in [-0.2, 0) is 0 Å². The molecule has 2 aromatic heterocycles. The summed E-state index contributed by atoms with van der Waals surface area (Å²) in [5.41, 5.74) is 0.297. The first-order valence-electron chi connectivity index (χ1n) is 7.88. The Morgan fingerprint density at radius 2 is 2.08 bits per heavy atom. The van der Waals surface area contributed by atoms with Crippen molar-refractivity contribution in [2.75, 3.05) is 24.5 Å². The highest BCUT2D eigenvalue weighted by Crippen LogP contribution is 2.51. The zero-order valence-electron chi connectivity index (χ0n) is 12.8. The van der Waals surface area contributed by atoms with Gasteiger partial charge in [0.2, 0.25) is 0 Å². The molecule has 2 aromatic rings. The Morgan fingerprint density at radius 1 is 1.29 bits per heavy atom. The number of hydrogen-bond acceptors (Lipinski definition) is 4. The molecule has 0 aromatic carbocycles. The van der Waals surface area contributed by atoms with Gasteiger partial charge in [-0.1, -0.05) is 11.6 Å². The predicted molar refractivity (Wildman–Crippen MR) is 96.2 cm³/mol. The summed E-state index contributed by atoms with van der Waals surface area (Å²) >= 11 is 9.41. The van der Waals surface area contributed by atoms with Crippen molar-refractivity contribution in [3.63, 3.8) is 0 Å². The fraction of sp³-hybridized carbons (Fsp3) is 0.353. The number of nitrogens with zero attached hydrogens (tertiary/aromatic N) is 3. The molecule has 2 aliphatic rings. The molecule has 0 spiro atoms. The molecule has 7 heteroatoms. The van der Waals surface area contributed by atoms with E-state index in [0.29, 0.717) is 35.0 Å². The second kappa shape index (κ2) is 6.33. The maximum Gasteiger partial charge on any atom is 0.271 e. The Morgan fingerprint density at radius 3 is 2.75 bits per heavy atom. The van der Waals surface area contributed by atoms with E-state index in [4.69, 9.17) is 11.6 Å². The molecule has 4 rings (SSSR count). The quantitative estimate of drug-likeness (QED) is 0.846. The first kappa shape index (κ1) is 15.8. The Balaban J connectivity index is 1.29. The zero-order chi connectivity index (χ0) is 16.7. The third-order valence-electron chi connectivity index (χ3n) is 4.88. The molecule has 5 nitrogen and oxygen atoms in total. The summed E-state index contributed by atoms with van der Waals surface area (Å²) in [6.45, 7) is 2.69. The molecule has 124 valence electrons. The Kier molecular flexibility index (Phi) is 4.18. The Bertz CT molecular complexity index is 757. The van der Waals surface area contributed by atoms with Gasteiger partial charge in [0.1, 0.15) is 11.5 Å². The Hall–Kier alpha value is -1.66. The molecule has 0 radical (unpaired) electrons. The summed E-state index contributed by atoms with van der Waals surface area (Å²) in [7, 11) is 0. The molecule has 1 saturated carbocycles. The van der Waals surface area contributed by atoms with Gasteiger partial charge in [0.25, 0.3) is 5.91 Å². The number of anilines is 1. The zero-order valence-corrected chi connectivity index (χ0v) is 15.2. The molecule has 3 heterocycles. The summed E-state index contributed by atoms with van der Waals surface area (Å²) in [4.78, 5) is 23.0. The molecule has 24 heavy (non-hydrogen) atoms. The summed E-state index contributed by atoms with van der Waals surface area (Å²) < 4.78 is 0.990. The van der Waals surface area contributed by atoms with Crippen LogP contribution in [0.4, 0.5) is 5.82 Å². The number of rotatable bonds is 4. The van der Waals surface area contributed by atoms with Crippen LogP contribution in [0, 0.1) is 17.8 Å². The number of nitrogens with one attached hydrogen (secondary N) is 1. The predicted octanol–water partition coefficient (Wildman–Crippen LogP) is 3.00. The van der Waals surface area contributed by atoms with Gasteiger partial charge >= 0.3 is 0 Å². The van der Waals surface area contributed by atoms with Crippen LogP contribution in [0.15, 0.2) is 41.1 Å². The van der Waals surface area contributed by atoms with Crippen LogP contribution < -0.4 is 10.2 Å². The van der Waals surface area contributed by atoms with Gasteiger partial charge in [-0.25, -0.2) is 9.97 Å². The minimum absolute atomic E-state index is 0.197. The molecule has 3 atom stereocenters. The van der Waals surface area contributed by atoms with E-state index in [9.17, 15) is 4.79 Å². The number of piperidine rings is 1. The smallest absolute Gasteiger partial charge is 0.271 e. The molecule has 1 saturated heterocycles. The van der Waals surface area contributed by atoms with Crippen molar-refractivity contribution >= 4 is 39.3 Å². The number of hydrogen-bond donors (Lipinski definition) is 1. The first-order valence-corrected chi connectivity index (χ1v) is 9.06. The van der Waals surface area contributed by atoms with Crippen LogP contribution in [-0.4, -0.2) is 35.5 Å². The maximum absolute atomic E-state index is 12.2. The van der Waals surface area contributed by atoms with E-state index in [0.717, 1.165) is 23.4 Å². The number of carbonyl (C=O) groups is 1.